The quantitative estimate of drug-likeness (QED) is 0.370. The molecule has 6 atom stereocenters. The molecule has 0 radical (unpaired) electrons. The average molecular weight is 392 g/mol. The van der Waals surface area contributed by atoms with Crippen molar-refractivity contribution in [1.82, 2.24) is 5.32 Å². The second-order valence-corrected chi connectivity index (χ2v) is 9.11. The number of carbonyl (C=O) groups excluding carboxylic acids is 1. The van der Waals surface area contributed by atoms with Gasteiger partial charge in [-0.25, -0.2) is 0 Å². The molecule has 6 nitrogen and oxygen atoms in total. The van der Waals surface area contributed by atoms with Gasteiger partial charge in [-0.15, -0.1) is 0 Å². The van der Waals surface area contributed by atoms with Gasteiger partial charge >= 0.3 is 0 Å². The Bertz CT molecular complexity index is 429. The van der Waals surface area contributed by atoms with E-state index in [1.54, 1.807) is 0 Å². The molecular weight excluding hydrogens is 350 g/mol. The lowest BCUT2D eigenvalue weighted by Gasteiger charge is -2.32. The standard InChI is InChI=1S/C19H39NO5Si/c1-6-14(4)18(15(5)13(2)3)25-26-11-7-9-20-17(21)12-24-16-8-10-23-19(16)22/h13-16,18-19,22H,6-12,26H2,1-5H3,(H,20,21)/i10T. The van der Waals surface area contributed by atoms with E-state index in [0.717, 1.165) is 18.9 Å². The number of aliphatic hydroxyl groups is 1. The second kappa shape index (κ2) is 12.8. The van der Waals surface area contributed by atoms with E-state index in [4.69, 9.17) is 15.3 Å². The first kappa shape index (κ1) is 21.8. The van der Waals surface area contributed by atoms with Gasteiger partial charge in [0.2, 0.25) is 5.91 Å². The third-order valence-electron chi connectivity index (χ3n) is 5.29. The molecule has 1 fully saturated rings. The van der Waals surface area contributed by atoms with Crippen LogP contribution in [0.4, 0.5) is 0 Å². The van der Waals surface area contributed by atoms with E-state index in [1.807, 2.05) is 0 Å². The minimum Gasteiger partial charge on any atom is -0.421 e. The van der Waals surface area contributed by atoms with Gasteiger partial charge in [0.15, 0.2) is 16.1 Å². The minimum atomic E-state index is -1.12. The molecule has 0 spiro atoms. The average Bonchev–Trinajstić information content (AvgIpc) is 2.95. The van der Waals surface area contributed by atoms with Crippen LogP contribution in [0.25, 0.3) is 0 Å². The third-order valence-corrected chi connectivity index (χ3v) is 6.70. The highest BCUT2D eigenvalue weighted by Crippen LogP contribution is 2.25. The van der Waals surface area contributed by atoms with Crippen molar-refractivity contribution in [2.45, 2.75) is 78.4 Å². The molecule has 1 amide bonds. The monoisotopic (exact) mass is 391 g/mol. The molecule has 1 aliphatic heterocycles. The second-order valence-electron chi connectivity index (χ2n) is 7.66. The van der Waals surface area contributed by atoms with Gasteiger partial charge in [0.25, 0.3) is 0 Å². The SMILES string of the molecule is [3H]C1CC(OCC(=O)NCCC[SiH2]OC(C(C)CC)C(C)C(C)C)C(O)O1. The Balaban J connectivity index is 2.13. The van der Waals surface area contributed by atoms with E-state index in [2.05, 4.69) is 39.9 Å². The van der Waals surface area contributed by atoms with Gasteiger partial charge in [-0.3, -0.25) is 4.79 Å². The topological polar surface area (TPSA) is 77.0 Å². The fourth-order valence-corrected chi connectivity index (χ4v) is 4.48. The summed E-state index contributed by atoms with van der Waals surface area (Å²) in [7, 11) is -0.597. The van der Waals surface area contributed by atoms with Crippen molar-refractivity contribution < 1.29 is 25.2 Å². The first-order valence-electron chi connectivity index (χ1n) is 10.6. The molecule has 0 aromatic carbocycles. The molecule has 6 unspecified atom stereocenters. The third kappa shape index (κ3) is 8.48. The lowest BCUT2D eigenvalue weighted by Crippen LogP contribution is -2.34. The number of rotatable bonds is 13. The van der Waals surface area contributed by atoms with Crippen molar-refractivity contribution in [3.05, 3.63) is 0 Å². The molecule has 26 heavy (non-hydrogen) atoms. The van der Waals surface area contributed by atoms with Gasteiger partial charge in [-0.2, -0.15) is 0 Å². The number of carbonyl (C=O) groups is 1. The van der Waals surface area contributed by atoms with Crippen LogP contribution in [0.15, 0.2) is 0 Å². The molecular formula is C19H39NO5Si. The maximum atomic E-state index is 11.8. The van der Waals surface area contributed by atoms with Gasteiger partial charge in [0.05, 0.1) is 7.95 Å². The summed E-state index contributed by atoms with van der Waals surface area (Å²) in [5, 5.41) is 12.3. The molecule has 1 rings (SSSR count). The normalized spacial score (nSPS) is 27.7. The summed E-state index contributed by atoms with van der Waals surface area (Å²) in [6.45, 7) is 11.0. The van der Waals surface area contributed by atoms with Crippen LogP contribution in [0, 0.1) is 17.8 Å². The minimum absolute atomic E-state index is 0.117. The predicted octanol–water partition coefficient (Wildman–Crippen LogP) is 1.84. The van der Waals surface area contributed by atoms with Gasteiger partial charge in [0.1, 0.15) is 12.7 Å². The zero-order valence-corrected chi connectivity index (χ0v) is 18.5. The van der Waals surface area contributed by atoms with Crippen LogP contribution < -0.4 is 5.32 Å². The number of amides is 1. The summed E-state index contributed by atoms with van der Waals surface area (Å²) < 4.78 is 23.9. The van der Waals surface area contributed by atoms with Gasteiger partial charge in [-0.1, -0.05) is 41.0 Å². The Kier molecular flexibility index (Phi) is 10.8. The molecule has 0 saturated carbocycles. The Labute approximate surface area is 162 Å². The van der Waals surface area contributed by atoms with E-state index in [1.165, 1.54) is 0 Å². The number of hydrogen-bond donors (Lipinski definition) is 2. The smallest absolute Gasteiger partial charge is 0.246 e. The summed E-state index contributed by atoms with van der Waals surface area (Å²) in [5.74, 6) is 1.54. The summed E-state index contributed by atoms with van der Waals surface area (Å²) in [5.41, 5.74) is 0. The summed E-state index contributed by atoms with van der Waals surface area (Å²) >= 11 is 0. The Hall–Kier alpha value is -0.473. The van der Waals surface area contributed by atoms with E-state index < -0.39 is 28.7 Å². The number of nitrogens with one attached hydrogen (secondary N) is 1. The van der Waals surface area contributed by atoms with Crippen molar-refractivity contribution in [1.29, 1.82) is 0 Å². The van der Waals surface area contributed by atoms with E-state index in [9.17, 15) is 9.90 Å². The molecule has 7 heteroatoms. The maximum absolute atomic E-state index is 11.8. The van der Waals surface area contributed by atoms with Gasteiger partial charge in [-0.05, 0) is 30.2 Å². The molecule has 0 aliphatic carbocycles. The highest BCUT2D eigenvalue weighted by atomic mass is 28.2. The highest BCUT2D eigenvalue weighted by molar-refractivity contribution is 6.27. The Morgan fingerprint density at radius 1 is 1.42 bits per heavy atom. The van der Waals surface area contributed by atoms with Crippen LogP contribution in [0.3, 0.4) is 0 Å². The fraction of sp³-hybridized carbons (Fsp3) is 0.947. The van der Waals surface area contributed by atoms with Crippen LogP contribution in [0.2, 0.25) is 6.04 Å². The van der Waals surface area contributed by atoms with Crippen molar-refractivity contribution in [2.24, 2.45) is 17.8 Å². The summed E-state index contributed by atoms with van der Waals surface area (Å²) in [6, 6.07) is 1.04. The van der Waals surface area contributed by atoms with E-state index >= 15 is 0 Å². The largest absolute Gasteiger partial charge is 0.421 e. The fourth-order valence-electron chi connectivity index (χ4n) is 2.96. The molecule has 0 aromatic rings. The molecule has 1 heterocycles. The van der Waals surface area contributed by atoms with Gasteiger partial charge in [0, 0.05) is 19.1 Å². The molecule has 154 valence electrons. The predicted molar refractivity (Wildman–Crippen MR) is 106 cm³/mol. The maximum Gasteiger partial charge on any atom is 0.246 e. The van der Waals surface area contributed by atoms with Gasteiger partial charge < -0.3 is 24.3 Å². The zero-order chi connectivity index (χ0) is 20.4. The lowest BCUT2D eigenvalue weighted by atomic mass is 9.85. The molecule has 2 N–H and O–H groups in total. The zero-order valence-electron chi connectivity index (χ0n) is 18.1. The lowest BCUT2D eigenvalue weighted by molar-refractivity contribution is -0.143. The van der Waals surface area contributed by atoms with Crippen LogP contribution in [-0.2, 0) is 18.7 Å². The Morgan fingerprint density at radius 3 is 2.73 bits per heavy atom. The van der Waals surface area contributed by atoms with Crippen LogP contribution in [0.1, 0.15) is 55.3 Å². The number of hydrogen-bond acceptors (Lipinski definition) is 5. The molecule has 0 bridgehead atoms. The van der Waals surface area contributed by atoms with E-state index in [0.29, 0.717) is 30.4 Å². The van der Waals surface area contributed by atoms with Crippen molar-refractivity contribution in [2.75, 3.05) is 19.7 Å². The van der Waals surface area contributed by atoms with Crippen LogP contribution >= 0.6 is 0 Å². The first-order valence-corrected chi connectivity index (χ1v) is 11.6. The van der Waals surface area contributed by atoms with Crippen molar-refractivity contribution in [3.63, 3.8) is 0 Å². The van der Waals surface area contributed by atoms with Crippen LogP contribution in [-0.4, -0.2) is 59.0 Å². The highest BCUT2D eigenvalue weighted by Gasteiger charge is 2.27. The van der Waals surface area contributed by atoms with Crippen LogP contribution in [0.5, 0.6) is 0 Å². The Morgan fingerprint density at radius 2 is 2.15 bits per heavy atom. The number of aliphatic hydroxyl groups excluding tert-OH is 1. The molecule has 1 saturated heterocycles. The van der Waals surface area contributed by atoms with E-state index in [-0.39, 0.29) is 18.9 Å². The van der Waals surface area contributed by atoms with Crippen molar-refractivity contribution in [3.8, 4) is 0 Å². The molecule has 1 aliphatic rings. The summed E-state index contributed by atoms with van der Waals surface area (Å²) in [6.07, 6.45) is 0.947. The first-order chi connectivity index (χ1) is 12.8. The number of ether oxygens (including phenoxy) is 2. The van der Waals surface area contributed by atoms with Crippen molar-refractivity contribution >= 4 is 15.7 Å². The molecule has 0 aromatic heterocycles. The summed E-state index contributed by atoms with van der Waals surface area (Å²) in [4.78, 5) is 11.8.